The first-order valence-corrected chi connectivity index (χ1v) is 32.2. The molecule has 0 bridgehead atoms. The third-order valence-corrected chi connectivity index (χ3v) is 13.3. The van der Waals surface area contributed by atoms with Crippen molar-refractivity contribution in [3.05, 3.63) is 134 Å². The normalized spacial score (nSPS) is 13.0. The maximum Gasteiger partial charge on any atom is 0.306 e. The Balaban J connectivity index is 4.32. The van der Waals surface area contributed by atoms with Crippen LogP contribution in [0.5, 0.6) is 0 Å². The first kappa shape index (κ1) is 73.5. The van der Waals surface area contributed by atoms with E-state index in [4.69, 9.17) is 14.2 Å². The van der Waals surface area contributed by atoms with Gasteiger partial charge in [-0.2, -0.15) is 0 Å². The van der Waals surface area contributed by atoms with Crippen LogP contribution in [0.25, 0.3) is 0 Å². The van der Waals surface area contributed by atoms with Crippen molar-refractivity contribution in [1.29, 1.82) is 0 Å². The Kier molecular flexibility index (Phi) is 61.4. The molecule has 0 radical (unpaired) electrons. The summed E-state index contributed by atoms with van der Waals surface area (Å²) in [5.74, 6) is -0.928. The highest BCUT2D eigenvalue weighted by Gasteiger charge is 2.19. The molecule has 6 heteroatoms. The lowest BCUT2D eigenvalue weighted by Crippen LogP contribution is -2.30. The molecule has 0 aromatic heterocycles. The van der Waals surface area contributed by atoms with E-state index in [1.165, 1.54) is 89.9 Å². The van der Waals surface area contributed by atoms with Crippen molar-refractivity contribution in [2.24, 2.45) is 0 Å². The molecule has 1 atom stereocenters. The minimum absolute atomic E-state index is 0.0946. The molecule has 78 heavy (non-hydrogen) atoms. The van der Waals surface area contributed by atoms with Crippen molar-refractivity contribution < 1.29 is 28.6 Å². The van der Waals surface area contributed by atoms with Gasteiger partial charge in [-0.25, -0.2) is 0 Å². The van der Waals surface area contributed by atoms with Crippen LogP contribution in [0.2, 0.25) is 0 Å². The summed E-state index contributed by atoms with van der Waals surface area (Å²) in [5, 5.41) is 0. The molecule has 0 saturated carbocycles. The molecule has 0 aromatic rings. The lowest BCUT2D eigenvalue weighted by Gasteiger charge is -2.18. The summed E-state index contributed by atoms with van der Waals surface area (Å²) in [6, 6.07) is 0. The van der Waals surface area contributed by atoms with Gasteiger partial charge in [0.1, 0.15) is 13.2 Å². The van der Waals surface area contributed by atoms with E-state index in [-0.39, 0.29) is 31.1 Å². The van der Waals surface area contributed by atoms with Gasteiger partial charge >= 0.3 is 17.9 Å². The molecule has 0 aromatic carbocycles. The minimum Gasteiger partial charge on any atom is -0.462 e. The number of unbranched alkanes of at least 4 members (excludes halogenated alkanes) is 24. The van der Waals surface area contributed by atoms with E-state index >= 15 is 0 Å². The summed E-state index contributed by atoms with van der Waals surface area (Å²) >= 11 is 0. The first-order chi connectivity index (χ1) is 38.5. The van der Waals surface area contributed by atoms with E-state index in [0.29, 0.717) is 19.3 Å². The van der Waals surface area contributed by atoms with Crippen molar-refractivity contribution in [2.75, 3.05) is 13.2 Å². The lowest BCUT2D eigenvalue weighted by atomic mass is 10.1. The topological polar surface area (TPSA) is 78.9 Å². The number of hydrogen-bond donors (Lipinski definition) is 0. The van der Waals surface area contributed by atoms with Gasteiger partial charge in [0, 0.05) is 19.3 Å². The van der Waals surface area contributed by atoms with Crippen LogP contribution >= 0.6 is 0 Å². The third kappa shape index (κ3) is 62.4. The maximum absolute atomic E-state index is 12.9. The highest BCUT2D eigenvalue weighted by Crippen LogP contribution is 2.14. The Morgan fingerprint density at radius 1 is 0.269 bits per heavy atom. The smallest absolute Gasteiger partial charge is 0.306 e. The number of hydrogen-bond acceptors (Lipinski definition) is 6. The fourth-order valence-electron chi connectivity index (χ4n) is 8.55. The van der Waals surface area contributed by atoms with Gasteiger partial charge in [0.15, 0.2) is 6.10 Å². The van der Waals surface area contributed by atoms with E-state index in [9.17, 15) is 14.4 Å². The van der Waals surface area contributed by atoms with Crippen LogP contribution in [0.1, 0.15) is 284 Å². The highest BCUT2D eigenvalue weighted by atomic mass is 16.6. The van der Waals surface area contributed by atoms with E-state index in [1.54, 1.807) is 0 Å². The minimum atomic E-state index is -0.798. The molecule has 0 aliphatic rings. The number of esters is 3. The van der Waals surface area contributed by atoms with E-state index in [1.807, 2.05) is 0 Å². The van der Waals surface area contributed by atoms with Crippen LogP contribution in [-0.2, 0) is 28.6 Å². The Morgan fingerprint density at radius 2 is 0.526 bits per heavy atom. The number of ether oxygens (including phenoxy) is 3. The molecule has 0 heterocycles. The summed E-state index contributed by atoms with van der Waals surface area (Å²) in [6.07, 6.45) is 91.7. The van der Waals surface area contributed by atoms with Crippen LogP contribution in [-0.4, -0.2) is 37.2 Å². The van der Waals surface area contributed by atoms with E-state index in [0.717, 1.165) is 154 Å². The predicted molar refractivity (Wildman–Crippen MR) is 339 cm³/mol. The van der Waals surface area contributed by atoms with Gasteiger partial charge in [-0.15, -0.1) is 0 Å². The van der Waals surface area contributed by atoms with Gasteiger partial charge in [-0.3, -0.25) is 14.4 Å². The van der Waals surface area contributed by atoms with Crippen molar-refractivity contribution in [2.45, 2.75) is 290 Å². The van der Waals surface area contributed by atoms with Gasteiger partial charge in [0.05, 0.1) is 0 Å². The Labute approximate surface area is 481 Å². The average Bonchev–Trinajstić information content (AvgIpc) is 3.44. The molecule has 0 aliphatic heterocycles. The average molecular weight is 1080 g/mol. The Morgan fingerprint density at radius 3 is 0.846 bits per heavy atom. The predicted octanol–water partition coefficient (Wildman–Crippen LogP) is 22.2. The fourth-order valence-corrected chi connectivity index (χ4v) is 8.55. The van der Waals surface area contributed by atoms with Gasteiger partial charge in [-0.05, 0) is 135 Å². The second-order valence-corrected chi connectivity index (χ2v) is 20.9. The van der Waals surface area contributed by atoms with E-state index < -0.39 is 6.10 Å². The van der Waals surface area contributed by atoms with Crippen LogP contribution in [0, 0.1) is 0 Å². The molecule has 442 valence electrons. The SMILES string of the molecule is CC/C=C\C/C=C\C/C=C\C/C=C\C/C=C\C/C=C\C/C=C\CCCCCCCCCC(=O)OCC(COC(=O)CCCCCCC/C=C\CCC)OC(=O)CCCCCCCC/C=C\C/C=C\C/C=C\CCCCCCC. The zero-order chi connectivity index (χ0) is 56.4. The largest absolute Gasteiger partial charge is 0.462 e. The molecule has 6 nitrogen and oxygen atoms in total. The molecule has 0 spiro atoms. The molecule has 0 amide bonds. The third-order valence-electron chi connectivity index (χ3n) is 13.3. The second kappa shape index (κ2) is 65.1. The summed E-state index contributed by atoms with van der Waals surface area (Å²) < 4.78 is 16.9. The summed E-state index contributed by atoms with van der Waals surface area (Å²) in [7, 11) is 0. The first-order valence-electron chi connectivity index (χ1n) is 32.2. The van der Waals surface area contributed by atoms with Gasteiger partial charge in [0.25, 0.3) is 0 Å². The molecular weight excluding hydrogens is 961 g/mol. The van der Waals surface area contributed by atoms with Gasteiger partial charge in [-0.1, -0.05) is 264 Å². The summed E-state index contributed by atoms with van der Waals surface area (Å²) in [5.41, 5.74) is 0. The van der Waals surface area contributed by atoms with Gasteiger partial charge < -0.3 is 14.2 Å². The lowest BCUT2D eigenvalue weighted by molar-refractivity contribution is -0.167. The van der Waals surface area contributed by atoms with Crippen LogP contribution in [0.4, 0.5) is 0 Å². The van der Waals surface area contributed by atoms with Crippen molar-refractivity contribution in [3.8, 4) is 0 Å². The number of carbonyl (C=O) groups excluding carboxylic acids is 3. The zero-order valence-corrected chi connectivity index (χ0v) is 50.6. The van der Waals surface area contributed by atoms with Crippen LogP contribution in [0.3, 0.4) is 0 Å². The maximum atomic E-state index is 12.9. The monoisotopic (exact) mass is 1080 g/mol. The number of rotatable bonds is 57. The Hall–Kier alpha value is -4.45. The summed E-state index contributed by atoms with van der Waals surface area (Å²) in [6.45, 7) is 6.43. The molecule has 0 rings (SSSR count). The molecule has 0 aliphatic carbocycles. The molecule has 0 saturated heterocycles. The molecule has 1 unspecified atom stereocenters. The zero-order valence-electron chi connectivity index (χ0n) is 50.6. The molecular formula is C72H118O6. The number of allylic oxidation sites excluding steroid dienone is 22. The van der Waals surface area contributed by atoms with Crippen LogP contribution in [0.15, 0.2) is 134 Å². The van der Waals surface area contributed by atoms with Crippen molar-refractivity contribution >= 4 is 17.9 Å². The Bertz CT molecular complexity index is 1670. The van der Waals surface area contributed by atoms with Gasteiger partial charge in [0.2, 0.25) is 0 Å². The van der Waals surface area contributed by atoms with Crippen molar-refractivity contribution in [3.63, 3.8) is 0 Å². The van der Waals surface area contributed by atoms with Crippen molar-refractivity contribution in [1.82, 2.24) is 0 Å². The highest BCUT2D eigenvalue weighted by molar-refractivity contribution is 5.71. The summed E-state index contributed by atoms with van der Waals surface area (Å²) in [4.78, 5) is 38.2. The second-order valence-electron chi connectivity index (χ2n) is 20.9. The number of carbonyl (C=O) groups is 3. The van der Waals surface area contributed by atoms with Crippen LogP contribution < -0.4 is 0 Å². The quantitative estimate of drug-likeness (QED) is 0.0261. The molecule has 0 N–H and O–H groups in total. The molecule has 0 fully saturated rings. The standard InChI is InChI=1S/C72H118O6/c1-4-7-10-13-16-19-22-24-26-28-30-32-33-34-35-36-37-38-39-41-42-44-46-48-50-53-56-59-62-65-71(74)77-68-69(67-76-70(73)64-61-58-55-52-21-18-15-12-9-6-3)78-72(75)66-63-60-57-54-51-49-47-45-43-40-31-29-27-25-23-20-17-14-11-8-5-2/h7,10,12,15-16,19,23-26,29-32,34-35,37-38,41-43,45,69H,4-6,8-9,11,13-14,17-18,20-22,27-28,33,36,39-40,44,46-68H2,1-3H3/b10-7-,15-12-,19-16-,25-23-,26-24-,31-29-,32-30-,35-34-,38-37-,42-41-,45-43-. The fraction of sp³-hybridized carbons (Fsp3) is 0.653. The van der Waals surface area contributed by atoms with E-state index in [2.05, 4.69) is 154 Å².